The first kappa shape index (κ1) is 19.5. The predicted octanol–water partition coefficient (Wildman–Crippen LogP) is 4.47. The van der Waals surface area contributed by atoms with E-state index < -0.39 is 5.60 Å². The summed E-state index contributed by atoms with van der Waals surface area (Å²) < 4.78 is 6.36. The van der Waals surface area contributed by atoms with Gasteiger partial charge in [-0.25, -0.2) is 0 Å². The smallest absolute Gasteiger partial charge is 0.253 e. The second-order valence-electron chi connectivity index (χ2n) is 7.88. The zero-order valence-corrected chi connectivity index (χ0v) is 17.2. The third-order valence-electron chi connectivity index (χ3n) is 5.93. The molecule has 0 N–H and O–H groups in total. The van der Waals surface area contributed by atoms with Crippen molar-refractivity contribution < 1.29 is 14.3 Å². The second-order valence-corrected chi connectivity index (χ2v) is 8.25. The van der Waals surface area contributed by atoms with Crippen LogP contribution in [0.4, 0.5) is 0 Å². The van der Waals surface area contributed by atoms with Crippen molar-refractivity contribution in [1.82, 2.24) is 4.90 Å². The van der Waals surface area contributed by atoms with Crippen molar-refractivity contribution in [3.8, 4) is 11.8 Å². The largest absolute Gasteiger partial charge is 0.486 e. The molecule has 0 saturated carbocycles. The van der Waals surface area contributed by atoms with Crippen LogP contribution in [-0.2, 0) is 0 Å². The van der Waals surface area contributed by atoms with Crippen LogP contribution in [0.3, 0.4) is 0 Å². The van der Waals surface area contributed by atoms with E-state index in [0.29, 0.717) is 59.8 Å². The van der Waals surface area contributed by atoms with E-state index in [-0.39, 0.29) is 11.7 Å². The average Bonchev–Trinajstić information content (AvgIpc) is 2.71. The zero-order chi connectivity index (χ0) is 20.8. The van der Waals surface area contributed by atoms with Crippen LogP contribution in [0.2, 0.25) is 5.02 Å². The Bertz CT molecular complexity index is 1060. The van der Waals surface area contributed by atoms with Gasteiger partial charge in [0, 0.05) is 36.5 Å². The van der Waals surface area contributed by atoms with Gasteiger partial charge in [-0.1, -0.05) is 17.7 Å². The monoisotopic (exact) mass is 408 g/mol. The number of amides is 1. The lowest BCUT2D eigenvalue weighted by Crippen LogP contribution is -2.52. The molecule has 1 saturated heterocycles. The summed E-state index contributed by atoms with van der Waals surface area (Å²) in [6.07, 6.45) is 1.47. The van der Waals surface area contributed by atoms with E-state index >= 15 is 0 Å². The van der Waals surface area contributed by atoms with Gasteiger partial charge in [0.2, 0.25) is 0 Å². The number of benzene rings is 2. The zero-order valence-electron chi connectivity index (χ0n) is 16.4. The maximum atomic E-state index is 12.9. The summed E-state index contributed by atoms with van der Waals surface area (Å²) in [6, 6.07) is 10.6. The molecule has 2 heterocycles. The number of hydrogen-bond acceptors (Lipinski definition) is 4. The molecule has 2 aromatic carbocycles. The number of carbonyl (C=O) groups is 2. The molecule has 2 aliphatic heterocycles. The number of carbonyl (C=O) groups excluding carboxylic acids is 2. The second kappa shape index (κ2) is 7.20. The maximum absolute atomic E-state index is 12.9. The number of fused-ring (bicyclic) bond motifs is 1. The van der Waals surface area contributed by atoms with Crippen LogP contribution in [0.15, 0.2) is 30.3 Å². The van der Waals surface area contributed by atoms with Gasteiger partial charge in [-0.05, 0) is 49.2 Å². The number of hydrogen-bond donors (Lipinski definition) is 0. The van der Waals surface area contributed by atoms with Crippen LogP contribution < -0.4 is 4.74 Å². The van der Waals surface area contributed by atoms with Crippen LogP contribution in [0.25, 0.3) is 0 Å². The summed E-state index contributed by atoms with van der Waals surface area (Å²) >= 11 is 6.32. The lowest BCUT2D eigenvalue weighted by Gasteiger charge is -2.44. The van der Waals surface area contributed by atoms with Crippen molar-refractivity contribution >= 4 is 23.3 Å². The molecular weight excluding hydrogens is 388 g/mol. The number of rotatable bonds is 1. The Balaban J connectivity index is 1.53. The molecule has 0 radical (unpaired) electrons. The SMILES string of the molecule is Cc1cc2c(c(C)c1Cl)C(=O)CC1(CCN(C(=O)c3cccc(C#N)c3)CC1)O2. The molecule has 2 aromatic rings. The first-order valence-corrected chi connectivity index (χ1v) is 10.0. The van der Waals surface area contributed by atoms with Gasteiger partial charge in [-0.15, -0.1) is 0 Å². The number of likely N-dealkylation sites (tertiary alicyclic amines) is 1. The fourth-order valence-corrected chi connectivity index (χ4v) is 4.45. The Kier molecular flexibility index (Phi) is 4.84. The third kappa shape index (κ3) is 3.38. The molecule has 29 heavy (non-hydrogen) atoms. The first-order valence-electron chi connectivity index (χ1n) is 9.65. The van der Waals surface area contributed by atoms with E-state index in [2.05, 4.69) is 6.07 Å². The molecule has 4 rings (SSSR count). The lowest BCUT2D eigenvalue weighted by molar-refractivity contribution is -0.00581. The predicted molar refractivity (Wildman–Crippen MR) is 110 cm³/mol. The number of aryl methyl sites for hydroxylation is 1. The van der Waals surface area contributed by atoms with Crippen LogP contribution in [-0.4, -0.2) is 35.3 Å². The van der Waals surface area contributed by atoms with Gasteiger partial charge in [0.05, 0.1) is 23.6 Å². The van der Waals surface area contributed by atoms with Gasteiger partial charge in [0.1, 0.15) is 11.4 Å². The van der Waals surface area contributed by atoms with E-state index in [1.54, 1.807) is 29.2 Å². The average molecular weight is 409 g/mol. The highest BCUT2D eigenvalue weighted by molar-refractivity contribution is 6.32. The lowest BCUT2D eigenvalue weighted by atomic mass is 9.81. The number of nitrogens with zero attached hydrogens (tertiary/aromatic N) is 2. The summed E-state index contributed by atoms with van der Waals surface area (Å²) in [5.74, 6) is 0.548. The molecule has 0 aliphatic carbocycles. The molecule has 0 aromatic heterocycles. The quantitative estimate of drug-likeness (QED) is 0.698. The van der Waals surface area contributed by atoms with E-state index in [1.165, 1.54) is 0 Å². The first-order chi connectivity index (χ1) is 13.8. The fourth-order valence-electron chi connectivity index (χ4n) is 4.30. The molecule has 0 unspecified atom stereocenters. The summed E-state index contributed by atoms with van der Waals surface area (Å²) in [4.78, 5) is 27.5. The minimum absolute atomic E-state index is 0.0483. The highest BCUT2D eigenvalue weighted by atomic mass is 35.5. The Morgan fingerprint density at radius 2 is 1.97 bits per heavy atom. The molecular formula is C23H21ClN2O3. The highest BCUT2D eigenvalue weighted by Crippen LogP contribution is 2.43. The van der Waals surface area contributed by atoms with Crippen LogP contribution >= 0.6 is 11.6 Å². The molecule has 1 fully saturated rings. The molecule has 0 atom stereocenters. The van der Waals surface area contributed by atoms with E-state index in [9.17, 15) is 9.59 Å². The van der Waals surface area contributed by atoms with E-state index in [4.69, 9.17) is 21.6 Å². The summed E-state index contributed by atoms with van der Waals surface area (Å²) in [5, 5.41) is 9.66. The number of halogens is 1. The molecule has 5 nitrogen and oxygen atoms in total. The topological polar surface area (TPSA) is 70.4 Å². The fraction of sp³-hybridized carbons (Fsp3) is 0.348. The van der Waals surface area contributed by atoms with Gasteiger partial charge in [-0.3, -0.25) is 9.59 Å². The molecule has 2 aliphatic rings. The van der Waals surface area contributed by atoms with Crippen molar-refractivity contribution in [1.29, 1.82) is 5.26 Å². The van der Waals surface area contributed by atoms with Crippen molar-refractivity contribution in [3.05, 3.63) is 63.2 Å². The molecule has 1 amide bonds. The summed E-state index contributed by atoms with van der Waals surface area (Å²) in [6.45, 7) is 4.76. The number of piperidine rings is 1. The molecule has 0 bridgehead atoms. The molecule has 6 heteroatoms. The van der Waals surface area contributed by atoms with Gasteiger partial charge in [-0.2, -0.15) is 5.26 Å². The van der Waals surface area contributed by atoms with Crippen molar-refractivity contribution in [2.75, 3.05) is 13.1 Å². The Morgan fingerprint density at radius 3 is 2.66 bits per heavy atom. The summed E-state index contributed by atoms with van der Waals surface area (Å²) in [5.41, 5.74) is 2.63. The van der Waals surface area contributed by atoms with Gasteiger partial charge in [0.15, 0.2) is 5.78 Å². The minimum Gasteiger partial charge on any atom is -0.486 e. The normalized spacial score (nSPS) is 17.4. The molecule has 1 spiro atoms. The minimum atomic E-state index is -0.581. The van der Waals surface area contributed by atoms with Crippen molar-refractivity contribution in [2.45, 2.75) is 38.7 Å². The van der Waals surface area contributed by atoms with Gasteiger partial charge in [0.25, 0.3) is 5.91 Å². The highest BCUT2D eigenvalue weighted by Gasteiger charge is 2.44. The maximum Gasteiger partial charge on any atom is 0.253 e. The Morgan fingerprint density at radius 1 is 1.24 bits per heavy atom. The number of ketones is 1. The standard InChI is InChI=1S/C23H21ClN2O3/c1-14-10-19-20(15(2)21(14)24)18(27)12-23(29-19)6-8-26(9-7-23)22(28)17-5-3-4-16(11-17)13-25/h3-5,10-11H,6-9,12H2,1-2H3. The number of ether oxygens (including phenoxy) is 1. The third-order valence-corrected chi connectivity index (χ3v) is 6.51. The van der Waals surface area contributed by atoms with Crippen LogP contribution in [0.5, 0.6) is 5.75 Å². The van der Waals surface area contributed by atoms with Gasteiger partial charge < -0.3 is 9.64 Å². The van der Waals surface area contributed by atoms with Crippen molar-refractivity contribution in [3.63, 3.8) is 0 Å². The number of Topliss-reactive ketones (excluding diaryl/α,β-unsaturated/α-hetero) is 1. The van der Waals surface area contributed by atoms with Crippen LogP contribution in [0.1, 0.15) is 56.7 Å². The Hall–Kier alpha value is -2.84. The van der Waals surface area contributed by atoms with E-state index in [1.807, 2.05) is 19.9 Å². The van der Waals surface area contributed by atoms with Gasteiger partial charge >= 0.3 is 0 Å². The van der Waals surface area contributed by atoms with E-state index in [0.717, 1.165) is 11.1 Å². The summed E-state index contributed by atoms with van der Waals surface area (Å²) in [7, 11) is 0. The van der Waals surface area contributed by atoms with Crippen molar-refractivity contribution in [2.24, 2.45) is 0 Å². The number of nitriles is 1. The molecule has 148 valence electrons. The van der Waals surface area contributed by atoms with Crippen LogP contribution in [0, 0.1) is 25.2 Å². The Labute approximate surface area is 174 Å².